The van der Waals surface area contributed by atoms with Crippen LogP contribution in [0.15, 0.2) is 54.6 Å². The van der Waals surface area contributed by atoms with Crippen molar-refractivity contribution < 1.29 is 14.9 Å². The molecule has 3 rings (SSSR count). The fourth-order valence-corrected chi connectivity index (χ4v) is 3.63. The molecule has 146 valence electrons. The second-order valence-corrected chi connectivity index (χ2v) is 8.01. The van der Waals surface area contributed by atoms with E-state index in [9.17, 15) is 10.2 Å². The Kier molecular flexibility index (Phi) is 6.53. The van der Waals surface area contributed by atoms with Gasteiger partial charge in [-0.1, -0.05) is 56.3 Å². The number of aliphatic hydroxyl groups is 2. The molecule has 0 aromatic heterocycles. The van der Waals surface area contributed by atoms with Gasteiger partial charge in [-0.25, -0.2) is 0 Å². The van der Waals surface area contributed by atoms with Crippen LogP contribution in [-0.4, -0.2) is 53.6 Å². The molecule has 2 N–H and O–H groups in total. The number of benzene rings is 2. The summed E-state index contributed by atoms with van der Waals surface area (Å²) in [5.74, 6) is 0.774. The van der Waals surface area contributed by atoms with Crippen molar-refractivity contribution in [1.29, 1.82) is 0 Å². The minimum absolute atomic E-state index is 0.0713. The predicted molar refractivity (Wildman–Crippen MR) is 108 cm³/mol. The summed E-state index contributed by atoms with van der Waals surface area (Å²) < 4.78 is 5.78. The number of hydrogen-bond donors (Lipinski definition) is 2. The summed E-state index contributed by atoms with van der Waals surface area (Å²) in [5.41, 5.74) is 2.44. The van der Waals surface area contributed by atoms with Gasteiger partial charge < -0.3 is 19.8 Å². The van der Waals surface area contributed by atoms with Crippen LogP contribution < -0.4 is 4.74 Å². The van der Waals surface area contributed by atoms with Crippen LogP contribution >= 0.6 is 0 Å². The summed E-state index contributed by atoms with van der Waals surface area (Å²) in [6.45, 7) is 6.98. The number of aliphatic hydroxyl groups excluding tert-OH is 2. The van der Waals surface area contributed by atoms with Crippen LogP contribution in [0.5, 0.6) is 5.75 Å². The molecular formula is C23H31NO3. The third kappa shape index (κ3) is 5.32. The molecule has 1 fully saturated rings. The highest BCUT2D eigenvalue weighted by molar-refractivity contribution is 5.39. The Morgan fingerprint density at radius 3 is 2.22 bits per heavy atom. The number of β-amino-alcohol motifs (C(OH)–C–C–N with tert-alkyl or cyclic N) is 1. The maximum Gasteiger partial charge on any atom is 0.119 e. The van der Waals surface area contributed by atoms with Gasteiger partial charge in [0.1, 0.15) is 18.5 Å². The standard InChI is InChI=1S/C23H31NO3/c1-23(2,18-6-4-3-5-7-18)19-8-10-22(11-9-19)27-17-21(26)16-24-14-12-20(25)13-15-24/h3-11,20-21,25-26H,12-17H2,1-2H3. The van der Waals surface area contributed by atoms with Crippen LogP contribution in [0.25, 0.3) is 0 Å². The van der Waals surface area contributed by atoms with Crippen LogP contribution in [0.4, 0.5) is 0 Å². The van der Waals surface area contributed by atoms with E-state index < -0.39 is 6.10 Å². The van der Waals surface area contributed by atoms with Crippen molar-refractivity contribution in [3.63, 3.8) is 0 Å². The molecule has 0 saturated carbocycles. The molecule has 27 heavy (non-hydrogen) atoms. The maximum atomic E-state index is 10.2. The van der Waals surface area contributed by atoms with Gasteiger partial charge >= 0.3 is 0 Å². The predicted octanol–water partition coefficient (Wildman–Crippen LogP) is 3.21. The van der Waals surface area contributed by atoms with Crippen molar-refractivity contribution >= 4 is 0 Å². The Labute approximate surface area is 162 Å². The molecule has 0 spiro atoms. The second kappa shape index (κ2) is 8.87. The fraction of sp³-hybridized carbons (Fsp3) is 0.478. The van der Waals surface area contributed by atoms with Gasteiger partial charge in [0, 0.05) is 25.0 Å². The average molecular weight is 370 g/mol. The van der Waals surface area contributed by atoms with E-state index in [-0.39, 0.29) is 18.1 Å². The third-order valence-corrected chi connectivity index (χ3v) is 5.54. The molecule has 4 nitrogen and oxygen atoms in total. The van der Waals surface area contributed by atoms with E-state index in [1.165, 1.54) is 11.1 Å². The minimum Gasteiger partial charge on any atom is -0.491 e. The topological polar surface area (TPSA) is 52.9 Å². The smallest absolute Gasteiger partial charge is 0.119 e. The van der Waals surface area contributed by atoms with Gasteiger partial charge in [0.25, 0.3) is 0 Å². The highest BCUT2D eigenvalue weighted by atomic mass is 16.5. The van der Waals surface area contributed by atoms with Gasteiger partial charge in [-0.15, -0.1) is 0 Å². The molecule has 1 aliphatic rings. The summed E-state index contributed by atoms with van der Waals surface area (Å²) in [6.07, 6.45) is 0.854. The lowest BCUT2D eigenvalue weighted by atomic mass is 9.78. The molecule has 2 aromatic carbocycles. The van der Waals surface area contributed by atoms with Gasteiger partial charge in [-0.05, 0) is 36.1 Å². The van der Waals surface area contributed by atoms with Crippen molar-refractivity contribution in [2.45, 2.75) is 44.3 Å². The molecule has 0 amide bonds. The van der Waals surface area contributed by atoms with E-state index in [1.54, 1.807) is 0 Å². The summed E-state index contributed by atoms with van der Waals surface area (Å²) in [4.78, 5) is 2.19. The van der Waals surface area contributed by atoms with E-state index in [0.29, 0.717) is 6.54 Å². The van der Waals surface area contributed by atoms with E-state index in [1.807, 2.05) is 18.2 Å². The van der Waals surface area contributed by atoms with Gasteiger partial charge in [-0.3, -0.25) is 0 Å². The highest BCUT2D eigenvalue weighted by Gasteiger charge is 2.23. The quantitative estimate of drug-likeness (QED) is 0.787. The second-order valence-electron chi connectivity index (χ2n) is 8.01. The van der Waals surface area contributed by atoms with Crippen LogP contribution in [0.2, 0.25) is 0 Å². The van der Waals surface area contributed by atoms with E-state index in [4.69, 9.17) is 4.74 Å². The van der Waals surface area contributed by atoms with Gasteiger partial charge in [0.2, 0.25) is 0 Å². The zero-order valence-electron chi connectivity index (χ0n) is 16.3. The van der Waals surface area contributed by atoms with Gasteiger partial charge in [-0.2, -0.15) is 0 Å². The molecule has 1 unspecified atom stereocenters. The van der Waals surface area contributed by atoms with E-state index in [2.05, 4.69) is 55.1 Å². The van der Waals surface area contributed by atoms with E-state index in [0.717, 1.165) is 31.7 Å². The monoisotopic (exact) mass is 369 g/mol. The Morgan fingerprint density at radius 2 is 1.59 bits per heavy atom. The molecule has 1 aliphatic heterocycles. The van der Waals surface area contributed by atoms with Crippen molar-refractivity contribution in [2.24, 2.45) is 0 Å². The lowest BCUT2D eigenvalue weighted by Crippen LogP contribution is -2.41. The minimum atomic E-state index is -0.527. The van der Waals surface area contributed by atoms with Crippen molar-refractivity contribution in [3.8, 4) is 5.75 Å². The van der Waals surface area contributed by atoms with Crippen LogP contribution in [0.1, 0.15) is 37.8 Å². The molecule has 1 saturated heterocycles. The van der Waals surface area contributed by atoms with Gasteiger partial charge in [0.05, 0.1) is 6.10 Å². The van der Waals surface area contributed by atoms with Crippen LogP contribution in [-0.2, 0) is 5.41 Å². The Bertz CT molecular complexity index is 691. The Hall–Kier alpha value is -1.88. The number of rotatable bonds is 7. The summed E-state index contributed by atoms with van der Waals surface area (Å²) in [6, 6.07) is 18.6. The third-order valence-electron chi connectivity index (χ3n) is 5.54. The fourth-order valence-electron chi connectivity index (χ4n) is 3.63. The molecule has 0 bridgehead atoms. The number of nitrogens with zero attached hydrogens (tertiary/aromatic N) is 1. The number of likely N-dealkylation sites (tertiary alicyclic amines) is 1. The first-order valence-electron chi connectivity index (χ1n) is 9.82. The first-order valence-corrected chi connectivity index (χ1v) is 9.82. The lowest BCUT2D eigenvalue weighted by molar-refractivity contribution is 0.0337. The van der Waals surface area contributed by atoms with E-state index >= 15 is 0 Å². The summed E-state index contributed by atoms with van der Waals surface area (Å²) >= 11 is 0. The van der Waals surface area contributed by atoms with Gasteiger partial charge in [0.15, 0.2) is 0 Å². The molecule has 2 aromatic rings. The zero-order valence-corrected chi connectivity index (χ0v) is 16.3. The van der Waals surface area contributed by atoms with Crippen LogP contribution in [0, 0.1) is 0 Å². The maximum absolute atomic E-state index is 10.2. The number of hydrogen-bond acceptors (Lipinski definition) is 4. The molecule has 1 heterocycles. The zero-order chi connectivity index (χ0) is 19.3. The van der Waals surface area contributed by atoms with Crippen LogP contribution in [0.3, 0.4) is 0 Å². The summed E-state index contributed by atoms with van der Waals surface area (Å²) in [7, 11) is 0. The Balaban J connectivity index is 1.52. The van der Waals surface area contributed by atoms with Crippen molar-refractivity contribution in [3.05, 3.63) is 65.7 Å². The highest BCUT2D eigenvalue weighted by Crippen LogP contribution is 2.32. The van der Waals surface area contributed by atoms with Crippen molar-refractivity contribution in [2.75, 3.05) is 26.2 Å². The molecule has 0 radical (unpaired) electrons. The molecule has 1 atom stereocenters. The summed E-state index contributed by atoms with van der Waals surface area (Å²) in [5, 5.41) is 19.8. The first kappa shape index (κ1) is 19.9. The SMILES string of the molecule is CC(C)(c1ccccc1)c1ccc(OCC(O)CN2CCC(O)CC2)cc1. The normalized spacial score (nSPS) is 17.6. The largest absolute Gasteiger partial charge is 0.491 e. The van der Waals surface area contributed by atoms with Crippen molar-refractivity contribution in [1.82, 2.24) is 4.90 Å². The Morgan fingerprint density at radius 1 is 1.00 bits per heavy atom. The average Bonchev–Trinajstić information content (AvgIpc) is 2.69. The molecule has 4 heteroatoms. The lowest BCUT2D eigenvalue weighted by Gasteiger charge is -2.31. The number of piperidine rings is 1. The number of ether oxygens (including phenoxy) is 1. The molecular weight excluding hydrogens is 338 g/mol. The first-order chi connectivity index (χ1) is 12.9. The molecule has 0 aliphatic carbocycles.